The van der Waals surface area contributed by atoms with Crippen molar-refractivity contribution in [3.8, 4) is 0 Å². The Bertz CT molecular complexity index is 99.8. The van der Waals surface area contributed by atoms with Gasteiger partial charge >= 0.3 is 0 Å². The molecule has 1 aliphatic rings. The number of nitrogens with one attached hydrogen (secondary N) is 1. The summed E-state index contributed by atoms with van der Waals surface area (Å²) in [6.45, 7) is 8.12. The molecule has 1 N–H and O–H groups in total. The van der Waals surface area contributed by atoms with Crippen molar-refractivity contribution >= 4 is 5.91 Å². The van der Waals surface area contributed by atoms with Crippen LogP contribution in [0.25, 0.3) is 0 Å². The Morgan fingerprint density at radius 1 is 1.40 bits per heavy atom. The lowest BCUT2D eigenvalue weighted by atomic mass is 10.1. The molecule has 0 aromatic carbocycles. The molecule has 2 nitrogen and oxygen atoms in total. The minimum atomic E-state index is 0.199. The molecule has 0 radical (unpaired) electrons. The minimum absolute atomic E-state index is 0.199. The van der Waals surface area contributed by atoms with Crippen LogP contribution >= 0.6 is 0 Å². The molecule has 0 aromatic heterocycles. The van der Waals surface area contributed by atoms with Crippen molar-refractivity contribution in [2.45, 2.75) is 40.2 Å². The van der Waals surface area contributed by atoms with Gasteiger partial charge in [0.2, 0.25) is 5.91 Å². The van der Waals surface area contributed by atoms with Gasteiger partial charge in [-0.3, -0.25) is 4.79 Å². The number of amides is 1. The zero-order chi connectivity index (χ0) is 8.15. The number of carbonyl (C=O) groups excluding carboxylic acids is 1. The summed E-state index contributed by atoms with van der Waals surface area (Å²) in [5.74, 6) is 0.729. The fourth-order valence-electron chi connectivity index (χ4n) is 0.924. The first-order chi connectivity index (χ1) is 4.70. The van der Waals surface area contributed by atoms with Crippen LogP contribution in [0.1, 0.15) is 34.1 Å². The zero-order valence-corrected chi connectivity index (χ0v) is 7.27. The van der Waals surface area contributed by atoms with E-state index in [2.05, 4.69) is 12.2 Å². The summed E-state index contributed by atoms with van der Waals surface area (Å²) in [5.41, 5.74) is 0. The van der Waals surface area contributed by atoms with Crippen molar-refractivity contribution in [2.75, 3.05) is 0 Å². The van der Waals surface area contributed by atoms with Crippen molar-refractivity contribution in [3.05, 3.63) is 0 Å². The van der Waals surface area contributed by atoms with Crippen molar-refractivity contribution in [3.63, 3.8) is 0 Å². The molecule has 10 heavy (non-hydrogen) atoms. The lowest BCUT2D eigenvalue weighted by Gasteiger charge is -2.04. The van der Waals surface area contributed by atoms with E-state index in [1.165, 1.54) is 0 Å². The standard InChI is InChI=1S/C6H11NO.C2H6/c1-4-3-6(8)7-5(4)2;1-2/h4-5H,3H2,1-2H3,(H,7,8);1-2H3. The van der Waals surface area contributed by atoms with E-state index < -0.39 is 0 Å². The first kappa shape index (κ1) is 9.47. The second-order valence-corrected chi connectivity index (χ2v) is 2.54. The van der Waals surface area contributed by atoms with Crippen LogP contribution in [0.4, 0.5) is 0 Å². The molecule has 1 aliphatic heterocycles. The minimum Gasteiger partial charge on any atom is -0.353 e. The highest BCUT2D eigenvalue weighted by Crippen LogP contribution is 2.13. The molecule has 0 aromatic rings. The fraction of sp³-hybridized carbons (Fsp3) is 0.875. The lowest BCUT2D eigenvalue weighted by molar-refractivity contribution is -0.119. The first-order valence-corrected chi connectivity index (χ1v) is 3.99. The number of rotatable bonds is 0. The van der Waals surface area contributed by atoms with Crippen molar-refractivity contribution < 1.29 is 4.79 Å². The molecule has 0 aliphatic carbocycles. The monoisotopic (exact) mass is 143 g/mol. The topological polar surface area (TPSA) is 29.1 Å². The summed E-state index contributed by atoms with van der Waals surface area (Å²) < 4.78 is 0. The van der Waals surface area contributed by atoms with Crippen LogP contribution in [0.15, 0.2) is 0 Å². The van der Waals surface area contributed by atoms with Gasteiger partial charge < -0.3 is 5.32 Å². The Kier molecular flexibility index (Phi) is 4.08. The summed E-state index contributed by atoms with van der Waals surface area (Å²) >= 11 is 0. The summed E-state index contributed by atoms with van der Waals surface area (Å²) in [6.07, 6.45) is 0.709. The van der Waals surface area contributed by atoms with Crippen molar-refractivity contribution in [1.82, 2.24) is 5.32 Å². The molecule has 1 fully saturated rings. The molecule has 0 bridgehead atoms. The Labute approximate surface area is 63.0 Å². The maximum Gasteiger partial charge on any atom is 0.220 e. The number of hydrogen-bond acceptors (Lipinski definition) is 1. The van der Waals surface area contributed by atoms with Gasteiger partial charge in [0.05, 0.1) is 0 Å². The molecule has 1 rings (SSSR count). The summed E-state index contributed by atoms with van der Waals surface area (Å²) in [4.78, 5) is 10.6. The summed E-state index contributed by atoms with van der Waals surface area (Å²) in [6, 6.07) is 0.391. The van der Waals surface area contributed by atoms with Crippen LogP contribution in [0.5, 0.6) is 0 Å². The Morgan fingerprint density at radius 2 is 1.90 bits per heavy atom. The molecule has 1 amide bonds. The third-order valence-electron chi connectivity index (χ3n) is 1.75. The van der Waals surface area contributed by atoms with Gasteiger partial charge in [-0.15, -0.1) is 0 Å². The average molecular weight is 143 g/mol. The SMILES string of the molecule is CC.CC1CC(=O)NC1C. The predicted octanol–water partition coefficient (Wildman–Crippen LogP) is 1.56. The van der Waals surface area contributed by atoms with Crippen LogP contribution in [0.3, 0.4) is 0 Å². The van der Waals surface area contributed by atoms with Gasteiger partial charge in [-0.05, 0) is 12.8 Å². The van der Waals surface area contributed by atoms with Crippen LogP contribution < -0.4 is 5.32 Å². The normalized spacial score (nSPS) is 30.6. The van der Waals surface area contributed by atoms with Gasteiger partial charge in [0.15, 0.2) is 0 Å². The Hall–Kier alpha value is -0.530. The van der Waals surface area contributed by atoms with E-state index >= 15 is 0 Å². The summed E-state index contributed by atoms with van der Waals surface area (Å²) in [5, 5.41) is 2.83. The van der Waals surface area contributed by atoms with E-state index in [0.717, 1.165) is 0 Å². The highest BCUT2D eigenvalue weighted by molar-refractivity contribution is 5.78. The van der Waals surface area contributed by atoms with Crippen LogP contribution in [0.2, 0.25) is 0 Å². The lowest BCUT2D eigenvalue weighted by Crippen LogP contribution is -2.24. The molecule has 1 heterocycles. The van der Waals surface area contributed by atoms with Gasteiger partial charge in [0, 0.05) is 12.5 Å². The van der Waals surface area contributed by atoms with Gasteiger partial charge in [0.1, 0.15) is 0 Å². The fourth-order valence-corrected chi connectivity index (χ4v) is 0.924. The molecular weight excluding hydrogens is 126 g/mol. The van der Waals surface area contributed by atoms with Gasteiger partial charge in [-0.25, -0.2) is 0 Å². The zero-order valence-electron chi connectivity index (χ0n) is 7.27. The summed E-state index contributed by atoms with van der Waals surface area (Å²) in [7, 11) is 0. The number of hydrogen-bond donors (Lipinski definition) is 1. The molecule has 0 saturated carbocycles. The van der Waals surface area contributed by atoms with Gasteiger partial charge in [-0.1, -0.05) is 20.8 Å². The Balaban J connectivity index is 0.000000371. The maximum absolute atomic E-state index is 10.6. The van der Waals surface area contributed by atoms with E-state index in [1.807, 2.05) is 20.8 Å². The highest BCUT2D eigenvalue weighted by Gasteiger charge is 2.23. The molecule has 2 atom stereocenters. The molecular formula is C8H17NO. The predicted molar refractivity (Wildman–Crippen MR) is 42.7 cm³/mol. The van der Waals surface area contributed by atoms with E-state index in [1.54, 1.807) is 0 Å². The van der Waals surface area contributed by atoms with E-state index in [0.29, 0.717) is 18.4 Å². The molecule has 0 spiro atoms. The van der Waals surface area contributed by atoms with E-state index in [9.17, 15) is 4.79 Å². The second kappa shape index (κ2) is 4.31. The third kappa shape index (κ3) is 2.38. The smallest absolute Gasteiger partial charge is 0.220 e. The van der Waals surface area contributed by atoms with Crippen LogP contribution in [-0.4, -0.2) is 11.9 Å². The Morgan fingerprint density at radius 3 is 2.00 bits per heavy atom. The highest BCUT2D eigenvalue weighted by atomic mass is 16.1. The van der Waals surface area contributed by atoms with E-state index in [-0.39, 0.29) is 5.91 Å². The average Bonchev–Trinajstić information content (AvgIpc) is 2.16. The van der Waals surface area contributed by atoms with Crippen LogP contribution in [0, 0.1) is 5.92 Å². The second-order valence-electron chi connectivity index (χ2n) is 2.54. The van der Waals surface area contributed by atoms with E-state index in [4.69, 9.17) is 0 Å². The molecule has 1 saturated heterocycles. The van der Waals surface area contributed by atoms with Crippen molar-refractivity contribution in [1.29, 1.82) is 0 Å². The number of carbonyl (C=O) groups is 1. The maximum atomic E-state index is 10.6. The molecule has 60 valence electrons. The quantitative estimate of drug-likeness (QED) is 0.547. The molecule has 2 heteroatoms. The van der Waals surface area contributed by atoms with Gasteiger partial charge in [0.25, 0.3) is 0 Å². The van der Waals surface area contributed by atoms with Crippen LogP contribution in [-0.2, 0) is 4.79 Å². The largest absolute Gasteiger partial charge is 0.353 e. The molecule has 2 unspecified atom stereocenters. The third-order valence-corrected chi connectivity index (χ3v) is 1.75. The first-order valence-electron chi connectivity index (χ1n) is 3.99. The van der Waals surface area contributed by atoms with Gasteiger partial charge in [-0.2, -0.15) is 0 Å². The van der Waals surface area contributed by atoms with Crippen molar-refractivity contribution in [2.24, 2.45) is 5.92 Å².